The Bertz CT molecular complexity index is 817. The number of carboxylic acids is 1. The Morgan fingerprint density at radius 2 is 1.85 bits per heavy atom. The molecular weight excluding hydrogens is 256 g/mol. The zero-order valence-corrected chi connectivity index (χ0v) is 10.6. The maximum Gasteiger partial charge on any atom is 0.339 e. The van der Waals surface area contributed by atoms with E-state index in [1.165, 1.54) is 6.20 Å². The highest BCUT2D eigenvalue weighted by atomic mass is 16.4. The van der Waals surface area contributed by atoms with Crippen molar-refractivity contribution in [3.8, 4) is 11.4 Å². The van der Waals surface area contributed by atoms with E-state index in [1.54, 1.807) is 19.3 Å². The second-order valence-electron chi connectivity index (χ2n) is 4.26. The number of rotatable bonds is 2. The summed E-state index contributed by atoms with van der Waals surface area (Å²) in [5, 5.41) is 8.97. The first-order valence-corrected chi connectivity index (χ1v) is 5.93. The highest BCUT2D eigenvalue weighted by molar-refractivity contribution is 5.88. The molecule has 0 amide bonds. The van der Waals surface area contributed by atoms with E-state index in [9.17, 15) is 4.79 Å². The van der Waals surface area contributed by atoms with Crippen LogP contribution in [0.2, 0.25) is 0 Å². The lowest BCUT2D eigenvalue weighted by atomic mass is 10.1. The Balaban J connectivity index is 2.11. The molecule has 0 aliphatic rings. The van der Waals surface area contributed by atoms with Crippen LogP contribution >= 0.6 is 0 Å². The van der Waals surface area contributed by atoms with E-state index in [4.69, 9.17) is 5.11 Å². The van der Waals surface area contributed by atoms with E-state index >= 15 is 0 Å². The van der Waals surface area contributed by atoms with Gasteiger partial charge in [0.25, 0.3) is 0 Å². The van der Waals surface area contributed by atoms with E-state index < -0.39 is 5.97 Å². The van der Waals surface area contributed by atoms with E-state index in [-0.39, 0.29) is 5.56 Å². The van der Waals surface area contributed by atoms with Gasteiger partial charge in [-0.15, -0.1) is 0 Å². The molecule has 0 atom stereocenters. The summed E-state index contributed by atoms with van der Waals surface area (Å²) in [5.41, 5.74) is 2.85. The summed E-state index contributed by atoms with van der Waals surface area (Å²) >= 11 is 0. The lowest BCUT2D eigenvalue weighted by Gasteiger charge is -2.04. The standard InChI is InChI=1S/C14H10N4O2/c1-8-10(14(19)20)7-17-13(18-8)9-2-3-11-12(6-9)16-5-4-15-11/h2-7H,1H3,(H,19,20). The van der Waals surface area contributed by atoms with Gasteiger partial charge < -0.3 is 5.11 Å². The predicted octanol–water partition coefficient (Wildman–Crippen LogP) is 2.09. The topological polar surface area (TPSA) is 88.9 Å². The van der Waals surface area contributed by atoms with Crippen molar-refractivity contribution in [2.24, 2.45) is 0 Å². The van der Waals surface area contributed by atoms with Crippen molar-refractivity contribution in [1.29, 1.82) is 0 Å². The number of carbonyl (C=O) groups is 1. The summed E-state index contributed by atoms with van der Waals surface area (Å²) in [6, 6.07) is 5.51. The molecule has 20 heavy (non-hydrogen) atoms. The van der Waals surface area contributed by atoms with Crippen LogP contribution in [0.4, 0.5) is 0 Å². The number of carboxylic acid groups (broad SMARTS) is 1. The van der Waals surface area contributed by atoms with Gasteiger partial charge >= 0.3 is 5.97 Å². The van der Waals surface area contributed by atoms with Gasteiger partial charge in [-0.05, 0) is 25.1 Å². The number of nitrogens with zero attached hydrogens (tertiary/aromatic N) is 4. The minimum atomic E-state index is -1.03. The summed E-state index contributed by atoms with van der Waals surface area (Å²) < 4.78 is 0. The lowest BCUT2D eigenvalue weighted by molar-refractivity contribution is 0.0695. The summed E-state index contributed by atoms with van der Waals surface area (Å²) in [6.45, 7) is 1.65. The molecule has 6 nitrogen and oxygen atoms in total. The van der Waals surface area contributed by atoms with Crippen molar-refractivity contribution in [2.75, 3.05) is 0 Å². The Hall–Kier alpha value is -2.89. The summed E-state index contributed by atoms with van der Waals surface area (Å²) in [7, 11) is 0. The third-order valence-corrected chi connectivity index (χ3v) is 2.94. The smallest absolute Gasteiger partial charge is 0.339 e. The molecule has 2 aromatic heterocycles. The molecule has 0 radical (unpaired) electrons. The van der Waals surface area contributed by atoms with E-state index in [0.29, 0.717) is 11.5 Å². The first kappa shape index (κ1) is 12.2. The fraction of sp³-hybridized carbons (Fsp3) is 0.0714. The fourth-order valence-corrected chi connectivity index (χ4v) is 1.92. The highest BCUT2D eigenvalue weighted by Gasteiger charge is 2.11. The lowest BCUT2D eigenvalue weighted by Crippen LogP contribution is -2.04. The average Bonchev–Trinajstić information content (AvgIpc) is 2.46. The largest absolute Gasteiger partial charge is 0.478 e. The summed E-state index contributed by atoms with van der Waals surface area (Å²) in [6.07, 6.45) is 4.57. The minimum Gasteiger partial charge on any atom is -0.478 e. The minimum absolute atomic E-state index is 0.106. The second-order valence-corrected chi connectivity index (χ2v) is 4.26. The number of benzene rings is 1. The fourth-order valence-electron chi connectivity index (χ4n) is 1.92. The van der Waals surface area contributed by atoms with Gasteiger partial charge in [-0.1, -0.05) is 0 Å². The summed E-state index contributed by atoms with van der Waals surface area (Å²) in [4.78, 5) is 27.7. The molecule has 0 aliphatic heterocycles. The van der Waals surface area contributed by atoms with Gasteiger partial charge in [-0.2, -0.15) is 0 Å². The maximum atomic E-state index is 10.9. The van der Waals surface area contributed by atoms with Crippen LogP contribution in [0.15, 0.2) is 36.8 Å². The molecule has 0 bridgehead atoms. The molecule has 1 N–H and O–H groups in total. The van der Waals surface area contributed by atoms with E-state index in [0.717, 1.165) is 16.6 Å². The Labute approximate surface area is 114 Å². The van der Waals surface area contributed by atoms with Gasteiger partial charge in [0.2, 0.25) is 0 Å². The highest BCUT2D eigenvalue weighted by Crippen LogP contribution is 2.20. The van der Waals surface area contributed by atoms with E-state index in [1.807, 2.05) is 18.2 Å². The number of fused-ring (bicyclic) bond motifs is 1. The second kappa shape index (κ2) is 4.65. The first-order chi connectivity index (χ1) is 9.65. The van der Waals surface area contributed by atoms with Crippen molar-refractivity contribution in [3.63, 3.8) is 0 Å². The van der Waals surface area contributed by atoms with Crippen LogP contribution in [-0.2, 0) is 0 Å². The molecule has 6 heteroatoms. The Morgan fingerprint density at radius 3 is 2.55 bits per heavy atom. The SMILES string of the molecule is Cc1nc(-c2ccc3nccnc3c2)ncc1C(=O)O. The van der Waals surface area contributed by atoms with Crippen molar-refractivity contribution < 1.29 is 9.90 Å². The van der Waals surface area contributed by atoms with E-state index in [2.05, 4.69) is 19.9 Å². The van der Waals surface area contributed by atoms with Gasteiger partial charge in [0, 0.05) is 24.2 Å². The third kappa shape index (κ3) is 2.07. The quantitative estimate of drug-likeness (QED) is 0.764. The average molecular weight is 266 g/mol. The molecule has 0 saturated heterocycles. The monoisotopic (exact) mass is 266 g/mol. The number of aryl methyl sites for hydroxylation is 1. The van der Waals surface area contributed by atoms with Crippen molar-refractivity contribution in [2.45, 2.75) is 6.92 Å². The molecule has 0 spiro atoms. The Morgan fingerprint density at radius 1 is 1.10 bits per heavy atom. The molecule has 0 aliphatic carbocycles. The van der Waals surface area contributed by atoms with Crippen LogP contribution in [0, 0.1) is 6.92 Å². The zero-order valence-electron chi connectivity index (χ0n) is 10.6. The van der Waals surface area contributed by atoms with Gasteiger partial charge in [-0.25, -0.2) is 14.8 Å². The summed E-state index contributed by atoms with van der Waals surface area (Å²) in [5.74, 6) is -0.557. The molecule has 98 valence electrons. The van der Waals surface area contributed by atoms with Gasteiger partial charge in [0.15, 0.2) is 5.82 Å². The molecule has 0 unspecified atom stereocenters. The van der Waals surface area contributed by atoms with Crippen molar-refractivity contribution >= 4 is 17.0 Å². The Kier molecular flexibility index (Phi) is 2.83. The molecule has 3 rings (SSSR count). The number of hydrogen-bond acceptors (Lipinski definition) is 5. The predicted molar refractivity (Wildman–Crippen MR) is 72.3 cm³/mol. The van der Waals surface area contributed by atoms with Crippen LogP contribution < -0.4 is 0 Å². The van der Waals surface area contributed by atoms with Crippen LogP contribution in [0.3, 0.4) is 0 Å². The molecule has 0 fully saturated rings. The van der Waals surface area contributed by atoms with Crippen molar-refractivity contribution in [3.05, 3.63) is 48.0 Å². The third-order valence-electron chi connectivity index (χ3n) is 2.94. The van der Waals surface area contributed by atoms with Crippen LogP contribution in [-0.4, -0.2) is 31.0 Å². The maximum absolute atomic E-state index is 10.9. The van der Waals surface area contributed by atoms with Crippen LogP contribution in [0.25, 0.3) is 22.4 Å². The molecule has 2 heterocycles. The first-order valence-electron chi connectivity index (χ1n) is 5.93. The van der Waals surface area contributed by atoms with Gasteiger partial charge in [0.05, 0.1) is 22.3 Å². The van der Waals surface area contributed by atoms with Gasteiger partial charge in [0.1, 0.15) is 0 Å². The number of aromatic nitrogens is 4. The number of hydrogen-bond donors (Lipinski definition) is 1. The van der Waals surface area contributed by atoms with Crippen LogP contribution in [0.1, 0.15) is 16.1 Å². The molecule has 1 aromatic carbocycles. The van der Waals surface area contributed by atoms with Gasteiger partial charge in [-0.3, -0.25) is 9.97 Å². The molecule has 3 aromatic rings. The van der Waals surface area contributed by atoms with Crippen molar-refractivity contribution in [1.82, 2.24) is 19.9 Å². The number of aromatic carboxylic acids is 1. The zero-order chi connectivity index (χ0) is 14.1. The molecular formula is C14H10N4O2. The normalized spacial score (nSPS) is 10.7. The van der Waals surface area contributed by atoms with Crippen LogP contribution in [0.5, 0.6) is 0 Å². The molecule has 0 saturated carbocycles.